The number of hydrogen-bond donors (Lipinski definition) is 2. The molecule has 0 aliphatic carbocycles. The van der Waals surface area contributed by atoms with Crippen LogP contribution in [0.25, 0.3) is 11.1 Å². The fourth-order valence-electron chi connectivity index (χ4n) is 5.21. The molecule has 0 saturated carbocycles. The molecule has 0 aliphatic rings. The Morgan fingerprint density at radius 1 is 0.800 bits per heavy atom. The molecule has 4 aromatic rings. The highest BCUT2D eigenvalue weighted by atomic mass is 16.5. The number of methoxy groups -OCH3 is 1. The van der Waals surface area contributed by atoms with Gasteiger partial charge < -0.3 is 24.8 Å². The van der Waals surface area contributed by atoms with Gasteiger partial charge in [-0.25, -0.2) is 9.59 Å². The van der Waals surface area contributed by atoms with Crippen LogP contribution in [-0.2, 0) is 32.9 Å². The Hall–Kier alpha value is -5.11. The molecule has 2 amide bonds. The van der Waals surface area contributed by atoms with Crippen molar-refractivity contribution in [1.29, 1.82) is 0 Å². The molecule has 8 nitrogen and oxygen atoms in total. The second-order valence-corrected chi connectivity index (χ2v) is 11.3. The summed E-state index contributed by atoms with van der Waals surface area (Å²) in [5.74, 6) is -1.29. The Labute approximate surface area is 264 Å². The standard InChI is InChI=1S/C37H40N2O6/c1-27(2)25-39(23-22-34(40)45-26-29-12-6-4-7-13-29)36(43)38-37(35(41)42,32-16-10-11-17-33(32)44-3)24-28-18-20-31(21-19-28)30-14-8-5-9-15-30/h4-21,27H,22-26H2,1-3H3,(H,38,43)(H,41,42)/t37-/m0/s1. The first-order chi connectivity index (χ1) is 21.7. The van der Waals surface area contributed by atoms with E-state index in [9.17, 15) is 19.5 Å². The maximum atomic E-state index is 14.0. The van der Waals surface area contributed by atoms with Crippen LogP contribution in [-0.4, -0.2) is 48.2 Å². The van der Waals surface area contributed by atoms with Crippen molar-refractivity contribution in [1.82, 2.24) is 10.2 Å². The molecule has 2 N–H and O–H groups in total. The Balaban J connectivity index is 1.60. The number of esters is 1. The van der Waals surface area contributed by atoms with E-state index in [0.717, 1.165) is 16.7 Å². The molecule has 45 heavy (non-hydrogen) atoms. The van der Waals surface area contributed by atoms with Crippen molar-refractivity contribution in [2.45, 2.75) is 38.8 Å². The van der Waals surface area contributed by atoms with Crippen molar-refractivity contribution in [3.63, 3.8) is 0 Å². The van der Waals surface area contributed by atoms with E-state index in [-0.39, 0.29) is 31.9 Å². The molecule has 8 heteroatoms. The van der Waals surface area contributed by atoms with Gasteiger partial charge in [-0.15, -0.1) is 0 Å². The molecular weight excluding hydrogens is 568 g/mol. The topological polar surface area (TPSA) is 105 Å². The van der Waals surface area contributed by atoms with Crippen LogP contribution >= 0.6 is 0 Å². The maximum absolute atomic E-state index is 14.0. The number of rotatable bonds is 14. The summed E-state index contributed by atoms with van der Waals surface area (Å²) >= 11 is 0. The maximum Gasteiger partial charge on any atom is 0.334 e. The number of carbonyl (C=O) groups is 3. The van der Waals surface area contributed by atoms with Crippen LogP contribution in [0.4, 0.5) is 4.79 Å². The third kappa shape index (κ3) is 8.72. The van der Waals surface area contributed by atoms with Gasteiger partial charge >= 0.3 is 18.0 Å². The van der Waals surface area contributed by atoms with Crippen molar-refractivity contribution in [2.75, 3.05) is 20.2 Å². The number of aliphatic carboxylic acids is 1. The molecule has 0 saturated heterocycles. The lowest BCUT2D eigenvalue weighted by Crippen LogP contribution is -2.57. The average Bonchev–Trinajstić information content (AvgIpc) is 3.06. The van der Waals surface area contributed by atoms with Crippen LogP contribution in [0.2, 0.25) is 0 Å². The van der Waals surface area contributed by atoms with Gasteiger partial charge in [0.25, 0.3) is 0 Å². The summed E-state index contributed by atoms with van der Waals surface area (Å²) in [4.78, 5) is 41.3. The molecule has 234 valence electrons. The molecular formula is C37H40N2O6. The number of carboxylic acids is 1. The van der Waals surface area contributed by atoms with Gasteiger partial charge in [-0.1, -0.05) is 117 Å². The van der Waals surface area contributed by atoms with Crippen LogP contribution in [0.5, 0.6) is 5.75 Å². The highest BCUT2D eigenvalue weighted by Gasteiger charge is 2.45. The number of benzene rings is 4. The van der Waals surface area contributed by atoms with E-state index in [2.05, 4.69) is 5.32 Å². The second-order valence-electron chi connectivity index (χ2n) is 11.3. The molecule has 0 aliphatic heterocycles. The lowest BCUT2D eigenvalue weighted by atomic mass is 9.82. The number of carbonyl (C=O) groups excluding carboxylic acids is 2. The van der Waals surface area contributed by atoms with Gasteiger partial charge in [-0.2, -0.15) is 0 Å². The highest BCUT2D eigenvalue weighted by molar-refractivity contribution is 5.89. The normalized spacial score (nSPS) is 12.2. The van der Waals surface area contributed by atoms with Crippen molar-refractivity contribution in [2.24, 2.45) is 5.92 Å². The third-order valence-corrected chi connectivity index (χ3v) is 7.48. The molecule has 0 fully saturated rings. The molecule has 0 radical (unpaired) electrons. The fourth-order valence-corrected chi connectivity index (χ4v) is 5.21. The van der Waals surface area contributed by atoms with Crippen LogP contribution in [0, 0.1) is 5.92 Å². The Kier molecular flexibility index (Phi) is 11.3. The van der Waals surface area contributed by atoms with E-state index in [4.69, 9.17) is 9.47 Å². The molecule has 4 aromatic carbocycles. The van der Waals surface area contributed by atoms with Gasteiger partial charge in [0.05, 0.1) is 13.5 Å². The van der Waals surface area contributed by atoms with Crippen LogP contribution < -0.4 is 10.1 Å². The second kappa shape index (κ2) is 15.6. The summed E-state index contributed by atoms with van der Waals surface area (Å²) in [6, 6.07) is 33.0. The van der Waals surface area contributed by atoms with Gasteiger partial charge in [-0.05, 0) is 34.2 Å². The molecule has 0 aromatic heterocycles. The number of para-hydroxylation sites is 1. The summed E-state index contributed by atoms with van der Waals surface area (Å²) in [5.41, 5.74) is 2.04. The minimum atomic E-state index is -1.87. The van der Waals surface area contributed by atoms with Crippen molar-refractivity contribution in [3.05, 3.63) is 126 Å². The van der Waals surface area contributed by atoms with E-state index < -0.39 is 23.5 Å². The van der Waals surface area contributed by atoms with E-state index in [1.807, 2.05) is 98.8 Å². The first-order valence-electron chi connectivity index (χ1n) is 15.0. The molecule has 4 rings (SSSR count). The fraction of sp³-hybridized carbons (Fsp3) is 0.270. The largest absolute Gasteiger partial charge is 0.496 e. The van der Waals surface area contributed by atoms with Gasteiger partial charge in [0.1, 0.15) is 12.4 Å². The van der Waals surface area contributed by atoms with Crippen molar-refractivity contribution < 1.29 is 29.0 Å². The van der Waals surface area contributed by atoms with Gasteiger partial charge in [0, 0.05) is 25.1 Å². The summed E-state index contributed by atoms with van der Waals surface area (Å²) in [5, 5.41) is 13.7. The SMILES string of the molecule is COc1ccccc1[C@](Cc1ccc(-c2ccccc2)cc1)(NC(=O)N(CCC(=O)OCc1ccccc1)CC(C)C)C(=O)O. The Bertz CT molecular complexity index is 1560. The minimum Gasteiger partial charge on any atom is -0.496 e. The molecule has 0 spiro atoms. The lowest BCUT2D eigenvalue weighted by molar-refractivity contribution is -0.146. The third-order valence-electron chi connectivity index (χ3n) is 7.48. The highest BCUT2D eigenvalue weighted by Crippen LogP contribution is 2.34. The number of amides is 2. The number of nitrogens with one attached hydrogen (secondary N) is 1. The van der Waals surface area contributed by atoms with Crippen LogP contribution in [0.1, 0.15) is 37.0 Å². The van der Waals surface area contributed by atoms with Crippen molar-refractivity contribution in [3.8, 4) is 16.9 Å². The monoisotopic (exact) mass is 608 g/mol. The predicted octanol–water partition coefficient (Wildman–Crippen LogP) is 6.69. The zero-order valence-electron chi connectivity index (χ0n) is 25.9. The number of hydrogen-bond acceptors (Lipinski definition) is 5. The minimum absolute atomic E-state index is 0.0390. The number of nitrogens with zero attached hydrogens (tertiary/aromatic N) is 1. The van der Waals surface area contributed by atoms with E-state index in [1.165, 1.54) is 12.0 Å². The summed E-state index contributed by atoms with van der Waals surface area (Å²) in [7, 11) is 1.47. The summed E-state index contributed by atoms with van der Waals surface area (Å²) < 4.78 is 11.0. The summed E-state index contributed by atoms with van der Waals surface area (Å²) in [6.07, 6.45) is -0.0825. The number of carboxylic acid groups (broad SMARTS) is 1. The molecule has 0 heterocycles. The van der Waals surface area contributed by atoms with Gasteiger partial charge in [0.2, 0.25) is 0 Å². The van der Waals surface area contributed by atoms with Crippen LogP contribution in [0.15, 0.2) is 109 Å². The molecule has 0 unspecified atom stereocenters. The quantitative estimate of drug-likeness (QED) is 0.155. The number of ether oxygens (including phenoxy) is 2. The zero-order valence-corrected chi connectivity index (χ0v) is 25.9. The smallest absolute Gasteiger partial charge is 0.334 e. The first-order valence-corrected chi connectivity index (χ1v) is 15.0. The first kappa shape index (κ1) is 32.8. The van der Waals surface area contributed by atoms with Gasteiger partial charge in [-0.3, -0.25) is 4.79 Å². The summed E-state index contributed by atoms with van der Waals surface area (Å²) in [6.45, 7) is 4.41. The molecule has 1 atom stereocenters. The Morgan fingerprint density at radius 3 is 2.02 bits per heavy atom. The molecule has 0 bridgehead atoms. The van der Waals surface area contributed by atoms with E-state index >= 15 is 0 Å². The Morgan fingerprint density at radius 2 is 1.40 bits per heavy atom. The van der Waals surface area contributed by atoms with E-state index in [0.29, 0.717) is 23.4 Å². The average molecular weight is 609 g/mol. The zero-order chi connectivity index (χ0) is 32.2. The lowest BCUT2D eigenvalue weighted by Gasteiger charge is -2.35. The van der Waals surface area contributed by atoms with Gasteiger partial charge in [0.15, 0.2) is 5.54 Å². The van der Waals surface area contributed by atoms with E-state index in [1.54, 1.807) is 24.3 Å². The number of urea groups is 1. The van der Waals surface area contributed by atoms with Crippen molar-refractivity contribution >= 4 is 18.0 Å². The van der Waals surface area contributed by atoms with Crippen LogP contribution in [0.3, 0.4) is 0 Å². The predicted molar refractivity (Wildman–Crippen MR) is 174 cm³/mol.